The van der Waals surface area contributed by atoms with Crippen LogP contribution in [-0.4, -0.2) is 30.3 Å². The molecule has 0 aliphatic rings. The lowest BCUT2D eigenvalue weighted by atomic mass is 10.4. The molecule has 4 nitrogen and oxygen atoms in total. The summed E-state index contributed by atoms with van der Waals surface area (Å²) in [6.07, 6.45) is -4.41. The third kappa shape index (κ3) is 7.89. The van der Waals surface area contributed by atoms with Gasteiger partial charge in [0.2, 0.25) is 0 Å². The van der Waals surface area contributed by atoms with Gasteiger partial charge in [-0.3, -0.25) is 4.99 Å². The first-order chi connectivity index (χ1) is 11.9. The molecule has 144 valence electrons. The Morgan fingerprint density at radius 3 is 2.54 bits per heavy atom. The zero-order valence-corrected chi connectivity index (χ0v) is 18.4. The van der Waals surface area contributed by atoms with Crippen LogP contribution in [0.25, 0.3) is 0 Å². The Morgan fingerprint density at radius 1 is 1.27 bits per heavy atom. The third-order valence-corrected chi connectivity index (χ3v) is 5.06. The largest absolute Gasteiger partial charge is 0.434 e. The van der Waals surface area contributed by atoms with Crippen LogP contribution in [0.4, 0.5) is 13.2 Å². The first kappa shape index (κ1) is 23.3. The molecule has 0 atom stereocenters. The van der Waals surface area contributed by atoms with Gasteiger partial charge in [0.15, 0.2) is 11.7 Å². The second kappa shape index (κ2) is 11.2. The van der Waals surface area contributed by atoms with Crippen molar-refractivity contribution in [3.8, 4) is 0 Å². The number of thioether (sulfide) groups is 1. The molecular weight excluding hydrogens is 520 g/mol. The van der Waals surface area contributed by atoms with Crippen LogP contribution in [0, 0.1) is 0 Å². The van der Waals surface area contributed by atoms with Crippen LogP contribution in [0.15, 0.2) is 39.5 Å². The highest BCUT2D eigenvalue weighted by Crippen LogP contribution is 2.29. The molecule has 0 saturated carbocycles. The minimum Gasteiger partial charge on any atom is -0.356 e. The Bertz CT molecular complexity index is 708. The average molecular weight is 537 g/mol. The number of nitrogens with zero attached hydrogens (tertiary/aromatic N) is 2. The van der Waals surface area contributed by atoms with E-state index >= 15 is 0 Å². The highest BCUT2D eigenvalue weighted by molar-refractivity contribution is 14.0. The van der Waals surface area contributed by atoms with Gasteiger partial charge in [0.05, 0.1) is 6.54 Å². The van der Waals surface area contributed by atoms with Crippen molar-refractivity contribution in [2.75, 3.05) is 19.3 Å². The van der Waals surface area contributed by atoms with Crippen LogP contribution < -0.4 is 10.6 Å². The molecule has 0 fully saturated rings. The number of aliphatic imine (C=N–C) groups is 1. The van der Waals surface area contributed by atoms with Crippen molar-refractivity contribution in [2.24, 2.45) is 4.99 Å². The molecule has 0 radical (unpaired) electrons. The van der Waals surface area contributed by atoms with Crippen LogP contribution in [0.2, 0.25) is 5.02 Å². The summed E-state index contributed by atoms with van der Waals surface area (Å²) in [5.74, 6) is 1.32. The molecule has 2 rings (SSSR count). The Kier molecular flexibility index (Phi) is 10.0. The van der Waals surface area contributed by atoms with Crippen LogP contribution in [0.3, 0.4) is 0 Å². The van der Waals surface area contributed by atoms with Gasteiger partial charge in [-0.25, -0.2) is 4.98 Å². The van der Waals surface area contributed by atoms with E-state index in [4.69, 9.17) is 11.6 Å². The summed E-state index contributed by atoms with van der Waals surface area (Å²) in [4.78, 5) is 8.71. The van der Waals surface area contributed by atoms with Crippen molar-refractivity contribution < 1.29 is 13.2 Å². The normalized spacial score (nSPS) is 11.8. The maximum absolute atomic E-state index is 12.5. The van der Waals surface area contributed by atoms with Crippen molar-refractivity contribution in [2.45, 2.75) is 17.6 Å². The van der Waals surface area contributed by atoms with Crippen molar-refractivity contribution in [1.29, 1.82) is 0 Å². The first-order valence-corrected chi connectivity index (χ1v) is 9.47. The van der Waals surface area contributed by atoms with Crippen LogP contribution in [0.5, 0.6) is 0 Å². The maximum atomic E-state index is 12.5. The number of hydrogen-bond acceptors (Lipinski definition) is 4. The summed E-state index contributed by atoms with van der Waals surface area (Å²) in [7, 11) is 1.60. The van der Waals surface area contributed by atoms with Crippen LogP contribution in [0.1, 0.15) is 10.7 Å². The zero-order chi connectivity index (χ0) is 18.3. The molecule has 1 heterocycles. The van der Waals surface area contributed by atoms with Gasteiger partial charge >= 0.3 is 6.18 Å². The third-order valence-electron chi connectivity index (χ3n) is 2.95. The molecule has 1 aromatic heterocycles. The number of rotatable bonds is 6. The lowest BCUT2D eigenvalue weighted by Gasteiger charge is -2.10. The minimum absolute atomic E-state index is 0. The van der Waals surface area contributed by atoms with Crippen LogP contribution in [-0.2, 0) is 12.7 Å². The van der Waals surface area contributed by atoms with E-state index in [0.717, 1.165) is 27.4 Å². The number of alkyl halides is 3. The number of guanidine groups is 1. The van der Waals surface area contributed by atoms with Gasteiger partial charge in [0, 0.05) is 34.6 Å². The zero-order valence-electron chi connectivity index (χ0n) is 13.6. The van der Waals surface area contributed by atoms with Crippen molar-refractivity contribution in [3.05, 3.63) is 45.4 Å². The first-order valence-electron chi connectivity index (χ1n) is 7.23. The predicted octanol–water partition coefficient (Wildman–Crippen LogP) is 4.89. The summed E-state index contributed by atoms with van der Waals surface area (Å²) < 4.78 is 37.5. The monoisotopic (exact) mass is 536 g/mol. The number of hydrogen-bond donors (Lipinski definition) is 2. The summed E-state index contributed by atoms with van der Waals surface area (Å²) in [6.45, 7) is 0.837. The molecule has 2 N–H and O–H groups in total. The molecule has 11 heteroatoms. The molecule has 0 aliphatic carbocycles. The summed E-state index contributed by atoms with van der Waals surface area (Å²) >= 11 is 8.46. The lowest BCUT2D eigenvalue weighted by Crippen LogP contribution is -2.37. The van der Waals surface area contributed by atoms with Crippen LogP contribution >= 0.6 is 58.7 Å². The van der Waals surface area contributed by atoms with Gasteiger partial charge < -0.3 is 10.6 Å². The molecule has 0 saturated heterocycles. The van der Waals surface area contributed by atoms with E-state index in [0.29, 0.717) is 22.5 Å². The molecule has 0 spiro atoms. The van der Waals surface area contributed by atoms with E-state index in [1.807, 2.05) is 24.3 Å². The highest BCUT2D eigenvalue weighted by atomic mass is 127. The van der Waals surface area contributed by atoms with E-state index in [1.165, 1.54) is 0 Å². The maximum Gasteiger partial charge on any atom is 0.434 e. The predicted molar refractivity (Wildman–Crippen MR) is 113 cm³/mol. The fourth-order valence-electron chi connectivity index (χ4n) is 1.77. The fourth-order valence-corrected chi connectivity index (χ4v) is 3.41. The van der Waals surface area contributed by atoms with Gasteiger partial charge in [-0.05, 0) is 24.3 Å². The molecular formula is C15H17ClF3IN4S2. The molecule has 0 aliphatic heterocycles. The van der Waals surface area contributed by atoms with Crippen molar-refractivity contribution in [1.82, 2.24) is 15.6 Å². The summed E-state index contributed by atoms with van der Waals surface area (Å²) in [6, 6.07) is 7.56. The fraction of sp³-hybridized carbons (Fsp3) is 0.333. The number of halogens is 5. The standard InChI is InChI=1S/C15H16ClF3N4S2.HI/c1-20-14(21-6-7-24-11-4-2-10(16)3-5-11)22-8-13-23-12(9-25-13)15(17,18)19;/h2-5,9H,6-8H2,1H3,(H2,20,21,22);1H. The van der Waals surface area contributed by atoms with E-state index in [2.05, 4.69) is 20.6 Å². The average Bonchev–Trinajstić information content (AvgIpc) is 3.05. The minimum atomic E-state index is -4.41. The van der Waals surface area contributed by atoms with Gasteiger partial charge in [-0.2, -0.15) is 13.2 Å². The molecule has 0 unspecified atom stereocenters. The molecule has 26 heavy (non-hydrogen) atoms. The highest BCUT2D eigenvalue weighted by Gasteiger charge is 2.33. The smallest absolute Gasteiger partial charge is 0.356 e. The van der Waals surface area contributed by atoms with Gasteiger partial charge in [-0.1, -0.05) is 11.6 Å². The second-order valence-corrected chi connectivity index (χ2v) is 7.33. The Labute approximate surface area is 180 Å². The quantitative estimate of drug-likeness (QED) is 0.181. The number of benzene rings is 1. The SMILES string of the molecule is CN=C(NCCSc1ccc(Cl)cc1)NCc1nc(C(F)(F)F)cs1.I. The second-order valence-electron chi connectivity index (χ2n) is 4.78. The van der Waals surface area contributed by atoms with E-state index in [1.54, 1.807) is 18.8 Å². The topological polar surface area (TPSA) is 49.3 Å². The number of thiazole rings is 1. The molecule has 1 aromatic carbocycles. The van der Waals surface area contributed by atoms with Gasteiger partial charge in [0.1, 0.15) is 5.01 Å². The Hall–Kier alpha value is -0.720. The van der Waals surface area contributed by atoms with Crippen molar-refractivity contribution in [3.63, 3.8) is 0 Å². The molecule has 0 bridgehead atoms. The Morgan fingerprint density at radius 2 is 1.96 bits per heavy atom. The summed E-state index contributed by atoms with van der Waals surface area (Å²) in [5, 5.41) is 8.11. The lowest BCUT2D eigenvalue weighted by molar-refractivity contribution is -0.140. The van der Waals surface area contributed by atoms with E-state index in [-0.39, 0.29) is 30.5 Å². The molecule has 2 aromatic rings. The molecule has 0 amide bonds. The van der Waals surface area contributed by atoms with Crippen molar-refractivity contribution >= 4 is 64.6 Å². The Balaban J connectivity index is 0.00000338. The summed E-state index contributed by atoms with van der Waals surface area (Å²) in [5.41, 5.74) is -0.864. The van der Waals surface area contributed by atoms with E-state index in [9.17, 15) is 13.2 Å². The number of nitrogens with one attached hydrogen (secondary N) is 2. The van der Waals surface area contributed by atoms with Gasteiger partial charge in [-0.15, -0.1) is 47.1 Å². The van der Waals surface area contributed by atoms with Gasteiger partial charge in [0.25, 0.3) is 0 Å². The van der Waals surface area contributed by atoms with E-state index < -0.39 is 11.9 Å². The number of aromatic nitrogens is 1.